The van der Waals surface area contributed by atoms with Crippen LogP contribution in [0.5, 0.6) is 0 Å². The van der Waals surface area contributed by atoms with Gasteiger partial charge in [0.15, 0.2) is 0 Å². The fourth-order valence-corrected chi connectivity index (χ4v) is 5.59. The smallest absolute Gasteiger partial charge is 0.384 e. The van der Waals surface area contributed by atoms with Gasteiger partial charge in [-0.2, -0.15) is 13.2 Å². The van der Waals surface area contributed by atoms with E-state index in [1.807, 2.05) is 13.8 Å². The fraction of sp³-hybridized carbons (Fsp3) is 0.273. The van der Waals surface area contributed by atoms with E-state index in [9.17, 15) is 31.5 Å². The van der Waals surface area contributed by atoms with E-state index >= 15 is 0 Å². The van der Waals surface area contributed by atoms with Gasteiger partial charge in [-0.1, -0.05) is 26.0 Å². The molecule has 1 aliphatic rings. The van der Waals surface area contributed by atoms with E-state index in [4.69, 9.17) is 5.73 Å². The van der Waals surface area contributed by atoms with Crippen molar-refractivity contribution < 1.29 is 31.5 Å². The van der Waals surface area contributed by atoms with Gasteiger partial charge in [0.1, 0.15) is 5.82 Å². The highest BCUT2D eigenvalue weighted by atomic mass is 32.1. The number of likely N-dealkylation sites (tertiary alicyclic amines) is 1. The number of nitrogen functional groups attached to an aromatic ring is 1. The molecule has 0 bridgehead atoms. The molecule has 46 heavy (non-hydrogen) atoms. The summed E-state index contributed by atoms with van der Waals surface area (Å²) in [6.07, 6.45) is 0.149. The van der Waals surface area contributed by atoms with Gasteiger partial charge >= 0.3 is 6.18 Å². The molecule has 4 aromatic rings. The van der Waals surface area contributed by atoms with E-state index in [0.29, 0.717) is 21.1 Å². The third kappa shape index (κ3) is 8.75. The number of hydrogen-bond acceptors (Lipinski definition) is 6. The number of aromatic nitrogens is 2. The summed E-state index contributed by atoms with van der Waals surface area (Å²) in [5.41, 5.74) is 5.94. The molecule has 7 nitrogen and oxygen atoms in total. The van der Waals surface area contributed by atoms with E-state index < -0.39 is 36.4 Å². The van der Waals surface area contributed by atoms with Crippen LogP contribution in [-0.2, 0) is 17.5 Å². The summed E-state index contributed by atoms with van der Waals surface area (Å²) in [6, 6.07) is 13.3. The maximum atomic E-state index is 14.2. The number of halogens is 5. The van der Waals surface area contributed by atoms with E-state index in [0.717, 1.165) is 17.4 Å². The molecule has 13 heteroatoms. The molecule has 1 fully saturated rings. The van der Waals surface area contributed by atoms with Gasteiger partial charge in [0, 0.05) is 65.3 Å². The Morgan fingerprint density at radius 3 is 2.37 bits per heavy atom. The molecule has 0 spiro atoms. The molecule has 0 radical (unpaired) electrons. The minimum atomic E-state index is -4.67. The third-order valence-corrected chi connectivity index (χ3v) is 8.13. The lowest BCUT2D eigenvalue weighted by Crippen LogP contribution is -2.42. The molecule has 4 heterocycles. The van der Waals surface area contributed by atoms with Crippen molar-refractivity contribution in [3.63, 3.8) is 0 Å². The molecule has 1 saturated heterocycles. The van der Waals surface area contributed by atoms with Crippen molar-refractivity contribution in [2.45, 2.75) is 45.3 Å². The van der Waals surface area contributed by atoms with E-state index in [2.05, 4.69) is 15.3 Å². The number of nitrogens with zero attached hydrogens (tertiary/aromatic N) is 3. The van der Waals surface area contributed by atoms with Crippen LogP contribution < -0.4 is 11.1 Å². The van der Waals surface area contributed by atoms with Gasteiger partial charge in [-0.25, -0.2) is 13.8 Å². The first kappa shape index (κ1) is 34.2. The summed E-state index contributed by atoms with van der Waals surface area (Å²) in [7, 11) is 0. The second-order valence-electron chi connectivity index (χ2n) is 10.2. The van der Waals surface area contributed by atoms with E-state index in [-0.39, 0.29) is 47.9 Å². The number of pyridine rings is 2. The number of anilines is 1. The maximum absolute atomic E-state index is 14.2. The number of nitrogens with one attached hydrogen (secondary N) is 1. The second kappa shape index (κ2) is 14.6. The summed E-state index contributed by atoms with van der Waals surface area (Å²) in [5, 5.41) is 2.71. The predicted octanol–water partition coefficient (Wildman–Crippen LogP) is 7.70. The van der Waals surface area contributed by atoms with Crippen LogP contribution in [0.2, 0.25) is 0 Å². The van der Waals surface area contributed by atoms with Crippen molar-refractivity contribution in [2.75, 3.05) is 18.8 Å². The lowest BCUT2D eigenvalue weighted by Gasteiger charge is -2.31. The summed E-state index contributed by atoms with van der Waals surface area (Å²) in [5.74, 6) is -3.27. The van der Waals surface area contributed by atoms with Gasteiger partial charge in [0.05, 0.1) is 23.4 Å². The number of rotatable bonds is 7. The van der Waals surface area contributed by atoms with Crippen LogP contribution in [0.25, 0.3) is 27.8 Å². The van der Waals surface area contributed by atoms with Crippen molar-refractivity contribution >= 4 is 35.0 Å². The zero-order chi connectivity index (χ0) is 33.5. The van der Waals surface area contributed by atoms with Crippen LogP contribution >= 0.6 is 11.3 Å². The van der Waals surface area contributed by atoms with E-state index in [1.54, 1.807) is 30.3 Å². The first-order valence-electron chi connectivity index (χ1n) is 14.5. The number of thiophene rings is 1. The van der Waals surface area contributed by atoms with Crippen molar-refractivity contribution in [1.82, 2.24) is 20.2 Å². The average Bonchev–Trinajstić information content (AvgIpc) is 3.52. The lowest BCUT2D eigenvalue weighted by molar-refractivity contribution is -0.137. The Morgan fingerprint density at radius 2 is 1.74 bits per heavy atom. The SMILES string of the molecule is CC.Nc1ccc(/C=C/C(=O)NCc2ccc(-c3ccc(-c4ccc(C(=O)N5CCC(F)(F)CC5)cn4)cc3C(F)(F)F)s2)cn1. The topological polar surface area (TPSA) is 101 Å². The van der Waals surface area contributed by atoms with Crippen LogP contribution in [0.15, 0.2) is 73.1 Å². The molecule has 0 atom stereocenters. The largest absolute Gasteiger partial charge is 0.417 e. The van der Waals surface area contributed by atoms with Crippen LogP contribution in [0.4, 0.5) is 27.8 Å². The zero-order valence-electron chi connectivity index (χ0n) is 25.1. The minimum absolute atomic E-state index is 0.0201. The number of carbonyl (C=O) groups is 2. The van der Waals surface area contributed by atoms with Gasteiger partial charge in [0.2, 0.25) is 5.91 Å². The Kier molecular flexibility index (Phi) is 10.9. The predicted molar refractivity (Wildman–Crippen MR) is 169 cm³/mol. The minimum Gasteiger partial charge on any atom is -0.384 e. The number of benzene rings is 1. The lowest BCUT2D eigenvalue weighted by atomic mass is 10.00. The highest BCUT2D eigenvalue weighted by molar-refractivity contribution is 7.15. The molecule has 0 saturated carbocycles. The van der Waals surface area contributed by atoms with Crippen LogP contribution in [0, 0.1) is 0 Å². The van der Waals surface area contributed by atoms with Gasteiger partial charge in [-0.15, -0.1) is 11.3 Å². The highest BCUT2D eigenvalue weighted by Crippen LogP contribution is 2.41. The van der Waals surface area contributed by atoms with Crippen molar-refractivity contribution in [1.29, 1.82) is 0 Å². The summed E-state index contributed by atoms with van der Waals surface area (Å²) < 4.78 is 69.4. The number of amides is 2. The molecular weight excluding hydrogens is 625 g/mol. The Bertz CT molecular complexity index is 1680. The summed E-state index contributed by atoms with van der Waals surface area (Å²) in [6.45, 7) is 3.96. The van der Waals surface area contributed by atoms with Gasteiger partial charge in [-0.05, 0) is 54.1 Å². The van der Waals surface area contributed by atoms with Crippen molar-refractivity contribution in [3.05, 3.63) is 94.6 Å². The number of hydrogen-bond donors (Lipinski definition) is 2. The summed E-state index contributed by atoms with van der Waals surface area (Å²) in [4.78, 5) is 35.4. The van der Waals surface area contributed by atoms with Gasteiger partial charge in [0.25, 0.3) is 11.8 Å². The Hall–Kier alpha value is -4.65. The van der Waals surface area contributed by atoms with Crippen LogP contribution in [0.3, 0.4) is 0 Å². The average molecular weight is 658 g/mol. The zero-order valence-corrected chi connectivity index (χ0v) is 25.9. The molecule has 0 aliphatic carbocycles. The molecule has 5 rings (SSSR count). The first-order valence-corrected chi connectivity index (χ1v) is 15.3. The quantitative estimate of drug-likeness (QED) is 0.157. The normalized spacial score (nSPS) is 14.5. The van der Waals surface area contributed by atoms with E-state index in [1.165, 1.54) is 47.6 Å². The highest BCUT2D eigenvalue weighted by Gasteiger charge is 2.36. The second-order valence-corrected chi connectivity index (χ2v) is 11.3. The first-order chi connectivity index (χ1) is 21.9. The van der Waals surface area contributed by atoms with Crippen molar-refractivity contribution in [2.24, 2.45) is 0 Å². The van der Waals surface area contributed by atoms with Crippen molar-refractivity contribution in [3.8, 4) is 21.7 Å². The maximum Gasteiger partial charge on any atom is 0.417 e. The molecule has 2 amide bonds. The number of carbonyl (C=O) groups excluding carboxylic acids is 2. The molecule has 1 aliphatic heterocycles. The molecule has 1 aromatic carbocycles. The number of alkyl halides is 5. The molecular formula is C33H32F5N5O2S. The fourth-order valence-electron chi connectivity index (χ4n) is 4.60. The summed E-state index contributed by atoms with van der Waals surface area (Å²) >= 11 is 1.13. The third-order valence-electron chi connectivity index (χ3n) is 7.01. The number of nitrogens with two attached hydrogens (primary N) is 1. The number of piperidine rings is 1. The monoisotopic (exact) mass is 657 g/mol. The Morgan fingerprint density at radius 1 is 1.00 bits per heavy atom. The van der Waals surface area contributed by atoms with Gasteiger partial charge < -0.3 is 16.0 Å². The standard InChI is InChI=1S/C31H26F5N5O2S.C2H6/c32-30(33)11-13-41(14-12-30)29(43)21-4-7-25(38-17-21)20-3-6-23(24(15-20)31(34,35)36)26-8-5-22(44-26)18-40-28(42)10-2-19-1-9-27(37)39-16-19;1-2/h1-10,15-17H,11-14,18H2,(H2,37,39)(H,40,42);1-2H3/b10-2+;. The van der Waals surface area contributed by atoms with Gasteiger partial charge in [-0.3, -0.25) is 14.6 Å². The molecule has 3 aromatic heterocycles. The Labute approximate surface area is 267 Å². The molecule has 0 unspecified atom stereocenters. The molecule has 242 valence electrons. The van der Waals surface area contributed by atoms with Crippen LogP contribution in [0.1, 0.15) is 53.1 Å². The molecule has 3 N–H and O–H groups in total. The van der Waals surface area contributed by atoms with Crippen LogP contribution in [-0.4, -0.2) is 45.7 Å². The Balaban J connectivity index is 0.00000235.